The number of carbonyl (C=O) groups is 1. The van der Waals surface area contributed by atoms with Crippen LogP contribution in [-0.2, 0) is 0 Å². The van der Waals surface area contributed by atoms with Gasteiger partial charge >= 0.3 is 0 Å². The van der Waals surface area contributed by atoms with Crippen LogP contribution in [0.5, 0.6) is 11.5 Å². The molecule has 4 nitrogen and oxygen atoms in total. The number of methoxy groups -OCH3 is 1. The molecule has 5 heteroatoms. The van der Waals surface area contributed by atoms with E-state index < -0.39 is 5.91 Å². The van der Waals surface area contributed by atoms with Crippen molar-refractivity contribution in [3.8, 4) is 11.5 Å². The van der Waals surface area contributed by atoms with Gasteiger partial charge in [-0.3, -0.25) is 4.79 Å². The van der Waals surface area contributed by atoms with Gasteiger partial charge in [-0.15, -0.1) is 0 Å². The maximum atomic E-state index is 12.2. The van der Waals surface area contributed by atoms with E-state index in [4.69, 9.17) is 4.74 Å². The highest BCUT2D eigenvalue weighted by molar-refractivity contribution is 9.10. The Morgan fingerprint density at radius 3 is 2.70 bits per heavy atom. The van der Waals surface area contributed by atoms with Crippen LogP contribution in [0.15, 0.2) is 40.9 Å². The lowest BCUT2D eigenvalue weighted by Gasteiger charge is -2.11. The number of hydrogen-bond donors (Lipinski definition) is 2. The average molecular weight is 336 g/mol. The van der Waals surface area contributed by atoms with E-state index in [9.17, 15) is 9.90 Å². The standard InChI is InChI=1S/C15H14BrNO3/c1-9-6-7-12(11(16)8-9)17-15(19)10-4-3-5-13(20-2)14(10)18/h3-8,18H,1-2H3,(H,17,19). The lowest BCUT2D eigenvalue weighted by molar-refractivity contribution is 0.102. The molecule has 0 radical (unpaired) electrons. The zero-order valence-corrected chi connectivity index (χ0v) is 12.7. The summed E-state index contributed by atoms with van der Waals surface area (Å²) in [6, 6.07) is 10.4. The van der Waals surface area contributed by atoms with Crippen LogP contribution in [0.4, 0.5) is 5.69 Å². The zero-order valence-electron chi connectivity index (χ0n) is 11.1. The number of phenolic OH excluding ortho intramolecular Hbond substituents is 1. The number of aromatic hydroxyl groups is 1. The van der Waals surface area contributed by atoms with E-state index in [1.165, 1.54) is 13.2 Å². The summed E-state index contributed by atoms with van der Waals surface area (Å²) in [4.78, 5) is 12.2. The Morgan fingerprint density at radius 2 is 2.05 bits per heavy atom. The Balaban J connectivity index is 2.28. The highest BCUT2D eigenvalue weighted by atomic mass is 79.9. The van der Waals surface area contributed by atoms with Crippen molar-refractivity contribution in [2.45, 2.75) is 6.92 Å². The van der Waals surface area contributed by atoms with Crippen LogP contribution in [-0.4, -0.2) is 18.1 Å². The molecule has 0 heterocycles. The molecule has 0 atom stereocenters. The summed E-state index contributed by atoms with van der Waals surface area (Å²) in [5.41, 5.74) is 1.89. The summed E-state index contributed by atoms with van der Waals surface area (Å²) in [5, 5.41) is 12.7. The van der Waals surface area contributed by atoms with Crippen molar-refractivity contribution in [3.05, 3.63) is 52.0 Å². The molecule has 0 bridgehead atoms. The van der Waals surface area contributed by atoms with Gasteiger partial charge < -0.3 is 15.2 Å². The van der Waals surface area contributed by atoms with Crippen molar-refractivity contribution in [1.29, 1.82) is 0 Å². The first-order valence-electron chi connectivity index (χ1n) is 5.96. The first-order valence-corrected chi connectivity index (χ1v) is 6.75. The normalized spacial score (nSPS) is 10.2. The quantitative estimate of drug-likeness (QED) is 0.898. The molecular weight excluding hydrogens is 322 g/mol. The SMILES string of the molecule is COc1cccc(C(=O)Nc2ccc(C)cc2Br)c1O. The topological polar surface area (TPSA) is 58.6 Å². The van der Waals surface area contributed by atoms with Crippen LogP contribution in [0, 0.1) is 6.92 Å². The van der Waals surface area contributed by atoms with Crippen LogP contribution < -0.4 is 10.1 Å². The summed E-state index contributed by atoms with van der Waals surface area (Å²) in [7, 11) is 1.44. The molecule has 2 aromatic rings. The third kappa shape index (κ3) is 2.93. The average Bonchev–Trinajstić information content (AvgIpc) is 2.42. The van der Waals surface area contributed by atoms with Gasteiger partial charge in [0.1, 0.15) is 0 Å². The number of amides is 1. The van der Waals surface area contributed by atoms with E-state index in [1.807, 2.05) is 19.1 Å². The fourth-order valence-electron chi connectivity index (χ4n) is 1.78. The number of ether oxygens (including phenoxy) is 1. The third-order valence-electron chi connectivity index (χ3n) is 2.84. The van der Waals surface area contributed by atoms with Gasteiger partial charge in [-0.25, -0.2) is 0 Å². The van der Waals surface area contributed by atoms with Crippen molar-refractivity contribution >= 4 is 27.5 Å². The van der Waals surface area contributed by atoms with E-state index >= 15 is 0 Å². The fraction of sp³-hybridized carbons (Fsp3) is 0.133. The largest absolute Gasteiger partial charge is 0.504 e. The molecule has 0 unspecified atom stereocenters. The lowest BCUT2D eigenvalue weighted by Crippen LogP contribution is -2.12. The van der Waals surface area contributed by atoms with Crippen LogP contribution in [0.3, 0.4) is 0 Å². The predicted octanol–water partition coefficient (Wildman–Crippen LogP) is 3.72. The van der Waals surface area contributed by atoms with E-state index in [0.717, 1.165) is 10.0 Å². The number of carbonyl (C=O) groups excluding carboxylic acids is 1. The molecule has 0 aliphatic heterocycles. The van der Waals surface area contributed by atoms with E-state index in [0.29, 0.717) is 5.69 Å². The molecule has 0 aliphatic rings. The van der Waals surface area contributed by atoms with Gasteiger partial charge in [0, 0.05) is 4.47 Å². The first kappa shape index (κ1) is 14.4. The number of para-hydroxylation sites is 1. The Labute approximate surface area is 125 Å². The van der Waals surface area contributed by atoms with Gasteiger partial charge in [0.25, 0.3) is 5.91 Å². The summed E-state index contributed by atoms with van der Waals surface area (Å²) in [6.07, 6.45) is 0. The maximum absolute atomic E-state index is 12.2. The molecule has 0 aromatic heterocycles. The van der Waals surface area contributed by atoms with Crippen molar-refractivity contribution in [3.63, 3.8) is 0 Å². The Bertz CT molecular complexity index is 656. The summed E-state index contributed by atoms with van der Waals surface area (Å²) < 4.78 is 5.77. The Kier molecular flexibility index (Phi) is 4.29. The van der Waals surface area contributed by atoms with Gasteiger partial charge in [0.15, 0.2) is 11.5 Å². The summed E-state index contributed by atoms with van der Waals surface area (Å²) in [5.74, 6) is -0.303. The van der Waals surface area contributed by atoms with Crippen molar-refractivity contribution in [2.75, 3.05) is 12.4 Å². The van der Waals surface area contributed by atoms with E-state index in [-0.39, 0.29) is 17.1 Å². The second-order valence-electron chi connectivity index (χ2n) is 4.29. The van der Waals surface area contributed by atoms with Crippen molar-refractivity contribution in [1.82, 2.24) is 0 Å². The predicted molar refractivity (Wildman–Crippen MR) is 81.5 cm³/mol. The smallest absolute Gasteiger partial charge is 0.259 e. The van der Waals surface area contributed by atoms with Gasteiger partial charge in [0.05, 0.1) is 18.4 Å². The number of nitrogens with one attached hydrogen (secondary N) is 1. The van der Waals surface area contributed by atoms with E-state index in [1.54, 1.807) is 18.2 Å². The molecule has 2 rings (SSSR count). The van der Waals surface area contributed by atoms with Gasteiger partial charge in [-0.1, -0.05) is 12.1 Å². The number of aryl methyl sites for hydroxylation is 1. The molecule has 1 amide bonds. The van der Waals surface area contributed by atoms with Crippen LogP contribution in [0.1, 0.15) is 15.9 Å². The summed E-state index contributed by atoms with van der Waals surface area (Å²) >= 11 is 3.39. The van der Waals surface area contributed by atoms with Crippen molar-refractivity contribution in [2.24, 2.45) is 0 Å². The molecule has 0 saturated carbocycles. The summed E-state index contributed by atoms with van der Waals surface area (Å²) in [6.45, 7) is 1.96. The monoisotopic (exact) mass is 335 g/mol. The second-order valence-corrected chi connectivity index (χ2v) is 5.15. The highest BCUT2D eigenvalue weighted by Gasteiger charge is 2.15. The molecule has 0 saturated heterocycles. The molecule has 20 heavy (non-hydrogen) atoms. The molecule has 0 aliphatic carbocycles. The number of benzene rings is 2. The number of phenols is 1. The number of anilines is 1. The number of hydrogen-bond acceptors (Lipinski definition) is 3. The third-order valence-corrected chi connectivity index (χ3v) is 3.49. The van der Waals surface area contributed by atoms with Crippen molar-refractivity contribution < 1.29 is 14.6 Å². The Morgan fingerprint density at radius 1 is 1.30 bits per heavy atom. The Hall–Kier alpha value is -2.01. The number of halogens is 1. The van der Waals surface area contributed by atoms with E-state index in [2.05, 4.69) is 21.2 Å². The van der Waals surface area contributed by atoms with Crippen LogP contribution in [0.2, 0.25) is 0 Å². The van der Waals surface area contributed by atoms with Crippen LogP contribution in [0.25, 0.3) is 0 Å². The molecule has 0 spiro atoms. The zero-order chi connectivity index (χ0) is 14.7. The van der Waals surface area contributed by atoms with Gasteiger partial charge in [0.2, 0.25) is 0 Å². The highest BCUT2D eigenvalue weighted by Crippen LogP contribution is 2.31. The minimum absolute atomic E-state index is 0.164. The molecule has 0 fully saturated rings. The lowest BCUT2D eigenvalue weighted by atomic mass is 10.1. The van der Waals surface area contributed by atoms with Crippen LogP contribution >= 0.6 is 15.9 Å². The second kappa shape index (κ2) is 5.96. The molecule has 2 aromatic carbocycles. The minimum atomic E-state index is -0.397. The molecule has 2 N–H and O–H groups in total. The molecular formula is C15H14BrNO3. The van der Waals surface area contributed by atoms with Gasteiger partial charge in [-0.2, -0.15) is 0 Å². The minimum Gasteiger partial charge on any atom is -0.504 e. The fourth-order valence-corrected chi connectivity index (χ4v) is 2.37. The first-order chi connectivity index (χ1) is 9.52. The molecule has 104 valence electrons. The number of rotatable bonds is 3. The van der Waals surface area contributed by atoms with Gasteiger partial charge in [-0.05, 0) is 52.7 Å². The maximum Gasteiger partial charge on any atom is 0.259 e.